The minimum absolute atomic E-state index is 0.294. The number of hydrogen-bond acceptors (Lipinski definition) is 4. The molecule has 2 aromatic heterocycles. The third-order valence-corrected chi connectivity index (χ3v) is 4.08. The number of fused-ring (bicyclic) bond motifs is 1. The molecule has 27 heavy (non-hydrogen) atoms. The van der Waals surface area contributed by atoms with E-state index in [-0.39, 0.29) is 0 Å². The van der Waals surface area contributed by atoms with Crippen molar-refractivity contribution in [3.63, 3.8) is 0 Å². The van der Waals surface area contributed by atoms with E-state index in [1.807, 2.05) is 53.1 Å². The summed E-state index contributed by atoms with van der Waals surface area (Å²) in [6.07, 6.45) is 4.87. The fourth-order valence-corrected chi connectivity index (χ4v) is 2.88. The van der Waals surface area contributed by atoms with Crippen molar-refractivity contribution in [2.75, 3.05) is 13.2 Å². The van der Waals surface area contributed by atoms with E-state index in [0.717, 1.165) is 16.6 Å². The van der Waals surface area contributed by atoms with Crippen molar-refractivity contribution in [3.05, 3.63) is 72.1 Å². The SMILES string of the molecule is CCOC(=O)/C=C/c1cc(C(=O)OCC)c2cc(-c3ccccc3)ccn12. The van der Waals surface area contributed by atoms with Crippen LogP contribution in [0.25, 0.3) is 22.7 Å². The number of pyridine rings is 1. The van der Waals surface area contributed by atoms with Gasteiger partial charge in [0.1, 0.15) is 0 Å². The van der Waals surface area contributed by atoms with Gasteiger partial charge in [-0.05, 0) is 49.2 Å². The van der Waals surface area contributed by atoms with Crippen LogP contribution in [0.1, 0.15) is 29.9 Å². The first kappa shape index (κ1) is 18.5. The van der Waals surface area contributed by atoms with Gasteiger partial charge in [0.25, 0.3) is 0 Å². The Bertz CT molecular complexity index is 986. The van der Waals surface area contributed by atoms with Gasteiger partial charge in [-0.2, -0.15) is 0 Å². The highest BCUT2D eigenvalue weighted by Gasteiger charge is 2.16. The van der Waals surface area contributed by atoms with E-state index in [0.29, 0.717) is 24.5 Å². The lowest BCUT2D eigenvalue weighted by Crippen LogP contribution is -2.04. The summed E-state index contributed by atoms with van der Waals surface area (Å²) in [5.74, 6) is -0.818. The fourth-order valence-electron chi connectivity index (χ4n) is 2.88. The lowest BCUT2D eigenvalue weighted by Gasteiger charge is -2.06. The summed E-state index contributed by atoms with van der Waals surface area (Å²) in [6, 6.07) is 15.6. The number of hydrogen-bond donors (Lipinski definition) is 0. The molecule has 0 bridgehead atoms. The van der Waals surface area contributed by atoms with Crippen LogP contribution in [-0.2, 0) is 14.3 Å². The van der Waals surface area contributed by atoms with Crippen LogP contribution in [0, 0.1) is 0 Å². The quantitative estimate of drug-likeness (QED) is 0.482. The third kappa shape index (κ3) is 4.08. The number of carbonyl (C=O) groups excluding carboxylic acids is 2. The van der Waals surface area contributed by atoms with Crippen LogP contribution in [0.15, 0.2) is 60.8 Å². The summed E-state index contributed by atoms with van der Waals surface area (Å²) in [4.78, 5) is 24.0. The molecule has 0 aliphatic rings. The van der Waals surface area contributed by atoms with Gasteiger partial charge < -0.3 is 13.9 Å². The minimum Gasteiger partial charge on any atom is -0.463 e. The summed E-state index contributed by atoms with van der Waals surface area (Å²) >= 11 is 0. The number of benzene rings is 1. The Morgan fingerprint density at radius 3 is 2.41 bits per heavy atom. The summed E-state index contributed by atoms with van der Waals surface area (Å²) in [5.41, 5.74) is 3.92. The van der Waals surface area contributed by atoms with Gasteiger partial charge in [-0.3, -0.25) is 0 Å². The van der Waals surface area contributed by atoms with Crippen molar-refractivity contribution < 1.29 is 19.1 Å². The first-order valence-electron chi connectivity index (χ1n) is 8.86. The van der Waals surface area contributed by atoms with Gasteiger partial charge in [-0.1, -0.05) is 30.3 Å². The molecule has 3 rings (SSSR count). The van der Waals surface area contributed by atoms with Gasteiger partial charge in [0.05, 0.1) is 24.3 Å². The van der Waals surface area contributed by atoms with E-state index in [2.05, 4.69) is 0 Å². The molecule has 2 heterocycles. The Morgan fingerprint density at radius 2 is 1.70 bits per heavy atom. The molecule has 138 valence electrons. The smallest absolute Gasteiger partial charge is 0.340 e. The Hall–Kier alpha value is -3.34. The van der Waals surface area contributed by atoms with Crippen LogP contribution in [0.3, 0.4) is 0 Å². The van der Waals surface area contributed by atoms with Crippen molar-refractivity contribution in [1.82, 2.24) is 4.40 Å². The molecule has 0 atom stereocenters. The topological polar surface area (TPSA) is 57.0 Å². The Labute approximate surface area is 157 Å². The molecule has 5 nitrogen and oxygen atoms in total. The van der Waals surface area contributed by atoms with Crippen LogP contribution >= 0.6 is 0 Å². The van der Waals surface area contributed by atoms with Crippen molar-refractivity contribution in [2.45, 2.75) is 13.8 Å². The Kier molecular flexibility index (Phi) is 5.71. The van der Waals surface area contributed by atoms with E-state index in [4.69, 9.17) is 9.47 Å². The number of esters is 2. The number of aromatic nitrogens is 1. The molecule has 0 amide bonds. The van der Waals surface area contributed by atoms with Crippen molar-refractivity contribution >= 4 is 23.5 Å². The number of carbonyl (C=O) groups is 2. The lowest BCUT2D eigenvalue weighted by atomic mass is 10.1. The summed E-state index contributed by atoms with van der Waals surface area (Å²) in [5, 5.41) is 0. The van der Waals surface area contributed by atoms with E-state index in [1.165, 1.54) is 6.08 Å². The molecule has 0 radical (unpaired) electrons. The predicted octanol–water partition coefficient (Wildman–Crippen LogP) is 4.36. The van der Waals surface area contributed by atoms with Crippen LogP contribution in [0.4, 0.5) is 0 Å². The second kappa shape index (κ2) is 8.36. The van der Waals surface area contributed by atoms with E-state index < -0.39 is 11.9 Å². The summed E-state index contributed by atoms with van der Waals surface area (Å²) in [6.45, 7) is 4.13. The molecule has 0 N–H and O–H groups in total. The Balaban J connectivity index is 2.09. The normalized spacial score (nSPS) is 11.0. The predicted molar refractivity (Wildman–Crippen MR) is 104 cm³/mol. The van der Waals surface area contributed by atoms with Gasteiger partial charge >= 0.3 is 11.9 Å². The fraction of sp³-hybridized carbons (Fsp3) is 0.182. The largest absolute Gasteiger partial charge is 0.463 e. The molecule has 5 heteroatoms. The van der Waals surface area contributed by atoms with Crippen molar-refractivity contribution in [3.8, 4) is 11.1 Å². The molecule has 3 aromatic rings. The highest BCUT2D eigenvalue weighted by atomic mass is 16.5. The minimum atomic E-state index is -0.425. The zero-order valence-corrected chi connectivity index (χ0v) is 15.3. The van der Waals surface area contributed by atoms with Gasteiger partial charge in [0, 0.05) is 18.0 Å². The summed E-state index contributed by atoms with van der Waals surface area (Å²) in [7, 11) is 0. The van der Waals surface area contributed by atoms with Crippen LogP contribution in [0.2, 0.25) is 0 Å². The summed E-state index contributed by atoms with van der Waals surface area (Å²) < 4.78 is 12.0. The standard InChI is InChI=1S/C22H21NO4/c1-3-26-21(24)11-10-18-15-19(22(25)27-4-2)20-14-17(12-13-23(18)20)16-8-6-5-7-9-16/h5-15H,3-4H2,1-2H3/b11-10+. The number of nitrogens with zero attached hydrogens (tertiary/aromatic N) is 1. The second-order valence-corrected chi connectivity index (χ2v) is 5.83. The molecule has 0 aliphatic carbocycles. The molecule has 0 unspecified atom stereocenters. The third-order valence-electron chi connectivity index (χ3n) is 4.08. The number of rotatable bonds is 6. The van der Waals surface area contributed by atoms with Gasteiger partial charge in [0.2, 0.25) is 0 Å². The second-order valence-electron chi connectivity index (χ2n) is 5.83. The first-order valence-corrected chi connectivity index (χ1v) is 8.86. The highest BCUT2D eigenvalue weighted by Crippen LogP contribution is 2.26. The molecule has 0 saturated carbocycles. The van der Waals surface area contributed by atoms with E-state index in [9.17, 15) is 9.59 Å². The van der Waals surface area contributed by atoms with Gasteiger partial charge in [0.15, 0.2) is 0 Å². The number of ether oxygens (including phenoxy) is 2. The first-order chi connectivity index (χ1) is 13.1. The zero-order valence-electron chi connectivity index (χ0n) is 15.3. The van der Waals surface area contributed by atoms with Gasteiger partial charge in [-0.25, -0.2) is 9.59 Å². The van der Waals surface area contributed by atoms with Crippen molar-refractivity contribution in [2.24, 2.45) is 0 Å². The average molecular weight is 363 g/mol. The molecular formula is C22H21NO4. The zero-order chi connectivity index (χ0) is 19.2. The van der Waals surface area contributed by atoms with Crippen LogP contribution in [0.5, 0.6) is 0 Å². The van der Waals surface area contributed by atoms with Gasteiger partial charge in [-0.15, -0.1) is 0 Å². The van der Waals surface area contributed by atoms with Crippen LogP contribution < -0.4 is 0 Å². The Morgan fingerprint density at radius 1 is 0.963 bits per heavy atom. The van der Waals surface area contributed by atoms with Crippen molar-refractivity contribution in [1.29, 1.82) is 0 Å². The average Bonchev–Trinajstić information content (AvgIpc) is 3.05. The highest BCUT2D eigenvalue weighted by molar-refractivity contribution is 5.99. The van der Waals surface area contributed by atoms with E-state index >= 15 is 0 Å². The molecule has 0 spiro atoms. The maximum absolute atomic E-state index is 12.4. The van der Waals surface area contributed by atoms with Crippen LogP contribution in [-0.4, -0.2) is 29.6 Å². The maximum atomic E-state index is 12.4. The molecule has 0 fully saturated rings. The monoisotopic (exact) mass is 363 g/mol. The lowest BCUT2D eigenvalue weighted by molar-refractivity contribution is -0.137. The molecular weight excluding hydrogens is 342 g/mol. The molecule has 1 aromatic carbocycles. The van der Waals surface area contributed by atoms with E-state index in [1.54, 1.807) is 26.0 Å². The maximum Gasteiger partial charge on any atom is 0.340 e. The molecule has 0 aliphatic heterocycles. The molecule has 0 saturated heterocycles.